The number of methoxy groups -OCH3 is 1. The van der Waals surface area contributed by atoms with E-state index in [4.69, 9.17) is 27.9 Å². The molecule has 34 heavy (non-hydrogen) atoms. The first kappa shape index (κ1) is 23.8. The van der Waals surface area contributed by atoms with Gasteiger partial charge in [-0.15, -0.1) is 0 Å². The molecule has 1 N–H and O–H groups in total. The van der Waals surface area contributed by atoms with Crippen molar-refractivity contribution in [2.45, 2.75) is 19.5 Å². The summed E-state index contributed by atoms with van der Waals surface area (Å²) >= 11 is 12.4. The number of hydrogen-bond donors (Lipinski definition) is 1. The van der Waals surface area contributed by atoms with Crippen LogP contribution in [-0.4, -0.2) is 28.8 Å². The maximum absolute atomic E-state index is 13.4. The molecule has 1 aliphatic rings. The Kier molecular flexibility index (Phi) is 6.64. The Balaban J connectivity index is 1.93. The number of ketones is 1. The van der Waals surface area contributed by atoms with Gasteiger partial charge in [-0.2, -0.15) is 0 Å². The Morgan fingerprint density at radius 2 is 1.79 bits per heavy atom. The first-order valence-electron chi connectivity index (χ1n) is 10.3. The number of hydrogen-bond acceptors (Lipinski definition) is 4. The lowest BCUT2D eigenvalue weighted by molar-refractivity contribution is -0.140. The summed E-state index contributed by atoms with van der Waals surface area (Å²) in [5.74, 6) is -2.39. The number of likely N-dealkylation sites (tertiary alicyclic amines) is 1. The SMILES string of the molecule is COc1c(Cl)cc(Cl)cc1/C(O)=C1\C(=O)C(=O)N(Cc2ccc(F)cc2)C1c1cccc(C)c1. The fourth-order valence-corrected chi connectivity index (χ4v) is 4.68. The van der Waals surface area contributed by atoms with Crippen LogP contribution >= 0.6 is 23.2 Å². The van der Waals surface area contributed by atoms with E-state index in [-0.39, 0.29) is 33.5 Å². The third kappa shape index (κ3) is 4.39. The number of carbonyl (C=O) groups is 2. The van der Waals surface area contributed by atoms with Gasteiger partial charge in [0, 0.05) is 11.6 Å². The van der Waals surface area contributed by atoms with E-state index in [9.17, 15) is 19.1 Å². The topological polar surface area (TPSA) is 66.8 Å². The van der Waals surface area contributed by atoms with Crippen LogP contribution in [0.5, 0.6) is 5.75 Å². The Morgan fingerprint density at radius 1 is 1.09 bits per heavy atom. The number of carbonyl (C=O) groups excluding carboxylic acids is 2. The van der Waals surface area contributed by atoms with Gasteiger partial charge in [0.2, 0.25) is 0 Å². The van der Waals surface area contributed by atoms with Gasteiger partial charge in [0.05, 0.1) is 29.3 Å². The van der Waals surface area contributed by atoms with Crippen LogP contribution in [0.25, 0.3) is 5.76 Å². The Hall–Kier alpha value is -3.35. The van der Waals surface area contributed by atoms with Gasteiger partial charge >= 0.3 is 0 Å². The van der Waals surface area contributed by atoms with E-state index in [2.05, 4.69) is 0 Å². The standard InChI is InChI=1S/C26H20Cl2FNO4/c1-14-4-3-5-16(10-14)22-21(23(31)19-11-17(27)12-20(28)25(19)34-2)24(32)26(33)30(22)13-15-6-8-18(29)9-7-15/h3-12,22,31H,13H2,1-2H3/b23-21+. The smallest absolute Gasteiger partial charge is 0.295 e. The molecular formula is C26H20Cl2FNO4. The van der Waals surface area contributed by atoms with Gasteiger partial charge in [-0.05, 0) is 42.3 Å². The predicted octanol–water partition coefficient (Wildman–Crippen LogP) is 6.07. The lowest BCUT2D eigenvalue weighted by atomic mass is 9.94. The van der Waals surface area contributed by atoms with Crippen molar-refractivity contribution in [3.63, 3.8) is 0 Å². The van der Waals surface area contributed by atoms with E-state index >= 15 is 0 Å². The van der Waals surface area contributed by atoms with Crippen molar-refractivity contribution in [1.29, 1.82) is 0 Å². The van der Waals surface area contributed by atoms with E-state index in [0.717, 1.165) is 5.56 Å². The number of aryl methyl sites for hydroxylation is 1. The lowest BCUT2D eigenvalue weighted by Crippen LogP contribution is -2.29. The second-order valence-electron chi connectivity index (χ2n) is 7.94. The third-order valence-corrected chi connectivity index (χ3v) is 6.13. The van der Waals surface area contributed by atoms with Crippen LogP contribution in [0, 0.1) is 12.7 Å². The van der Waals surface area contributed by atoms with Crippen LogP contribution in [0.15, 0.2) is 66.2 Å². The molecule has 3 aromatic carbocycles. The van der Waals surface area contributed by atoms with E-state index in [1.807, 2.05) is 19.1 Å². The van der Waals surface area contributed by atoms with Crippen LogP contribution in [-0.2, 0) is 16.1 Å². The van der Waals surface area contributed by atoms with Crippen molar-refractivity contribution in [1.82, 2.24) is 4.90 Å². The minimum atomic E-state index is -0.896. The predicted molar refractivity (Wildman–Crippen MR) is 128 cm³/mol. The highest BCUT2D eigenvalue weighted by Gasteiger charge is 2.46. The van der Waals surface area contributed by atoms with Crippen molar-refractivity contribution in [2.24, 2.45) is 0 Å². The summed E-state index contributed by atoms with van der Waals surface area (Å²) in [6, 6.07) is 14.9. The van der Waals surface area contributed by atoms with Crippen molar-refractivity contribution >= 4 is 40.7 Å². The largest absolute Gasteiger partial charge is 0.507 e. The number of halogens is 3. The number of Topliss-reactive ketones (excluding diaryl/α,β-unsaturated/α-hetero) is 1. The zero-order chi connectivity index (χ0) is 24.6. The van der Waals surface area contributed by atoms with Crippen molar-refractivity contribution in [3.8, 4) is 5.75 Å². The fraction of sp³-hybridized carbons (Fsp3) is 0.154. The maximum atomic E-state index is 13.4. The maximum Gasteiger partial charge on any atom is 0.295 e. The third-order valence-electron chi connectivity index (χ3n) is 5.63. The molecule has 1 heterocycles. The molecule has 1 saturated heterocycles. The van der Waals surface area contributed by atoms with Gasteiger partial charge in [0.1, 0.15) is 17.3 Å². The van der Waals surface area contributed by atoms with Gasteiger partial charge in [0.15, 0.2) is 0 Å². The molecule has 1 fully saturated rings. The molecule has 0 saturated carbocycles. The average Bonchev–Trinajstić information content (AvgIpc) is 3.04. The molecule has 0 aliphatic carbocycles. The second-order valence-corrected chi connectivity index (χ2v) is 8.78. The molecule has 1 unspecified atom stereocenters. The molecule has 0 bridgehead atoms. The van der Waals surface area contributed by atoms with E-state index in [1.54, 1.807) is 24.3 Å². The number of aliphatic hydroxyl groups is 1. The number of benzene rings is 3. The highest BCUT2D eigenvalue weighted by molar-refractivity contribution is 6.46. The zero-order valence-electron chi connectivity index (χ0n) is 18.3. The molecule has 0 spiro atoms. The Morgan fingerprint density at radius 3 is 2.44 bits per heavy atom. The summed E-state index contributed by atoms with van der Waals surface area (Å²) in [6.45, 7) is 1.92. The van der Waals surface area contributed by atoms with Crippen LogP contribution in [0.3, 0.4) is 0 Å². The monoisotopic (exact) mass is 499 g/mol. The van der Waals surface area contributed by atoms with Gasteiger partial charge in [-0.25, -0.2) is 4.39 Å². The summed E-state index contributed by atoms with van der Waals surface area (Å²) in [4.78, 5) is 27.7. The Bertz CT molecular complexity index is 1320. The first-order valence-corrected chi connectivity index (χ1v) is 11.1. The molecule has 1 atom stereocenters. The summed E-state index contributed by atoms with van der Waals surface area (Å²) < 4.78 is 18.7. The quantitative estimate of drug-likeness (QED) is 0.262. The van der Waals surface area contributed by atoms with Crippen LogP contribution in [0.4, 0.5) is 4.39 Å². The molecule has 5 nitrogen and oxygen atoms in total. The second kappa shape index (κ2) is 9.49. The highest BCUT2D eigenvalue weighted by Crippen LogP contribution is 2.43. The molecule has 3 aromatic rings. The van der Waals surface area contributed by atoms with E-state index in [0.29, 0.717) is 11.1 Å². The zero-order valence-corrected chi connectivity index (χ0v) is 19.8. The summed E-state index contributed by atoms with van der Waals surface area (Å²) in [5.41, 5.74) is 2.15. The molecule has 4 rings (SSSR count). The molecule has 0 aromatic heterocycles. The van der Waals surface area contributed by atoms with Crippen LogP contribution in [0.1, 0.15) is 28.3 Å². The van der Waals surface area contributed by atoms with Gasteiger partial charge < -0.3 is 14.7 Å². The number of amides is 1. The minimum absolute atomic E-state index is 0.0354. The molecule has 1 aliphatic heterocycles. The lowest BCUT2D eigenvalue weighted by Gasteiger charge is -2.26. The van der Waals surface area contributed by atoms with Crippen molar-refractivity contribution < 1.29 is 23.8 Å². The van der Waals surface area contributed by atoms with Gasteiger partial charge in [-0.3, -0.25) is 9.59 Å². The number of nitrogens with zero attached hydrogens (tertiary/aromatic N) is 1. The summed E-state index contributed by atoms with van der Waals surface area (Å²) in [7, 11) is 1.37. The molecule has 1 amide bonds. The van der Waals surface area contributed by atoms with E-state index in [1.165, 1.54) is 36.3 Å². The highest BCUT2D eigenvalue weighted by atomic mass is 35.5. The van der Waals surface area contributed by atoms with Crippen molar-refractivity contribution in [3.05, 3.63) is 104 Å². The van der Waals surface area contributed by atoms with Gasteiger partial charge in [0.25, 0.3) is 11.7 Å². The average molecular weight is 500 g/mol. The molecule has 0 radical (unpaired) electrons. The number of rotatable bonds is 5. The van der Waals surface area contributed by atoms with Crippen LogP contribution < -0.4 is 4.74 Å². The molecular weight excluding hydrogens is 480 g/mol. The van der Waals surface area contributed by atoms with E-state index < -0.39 is 29.3 Å². The summed E-state index contributed by atoms with van der Waals surface area (Å²) in [6.07, 6.45) is 0. The summed E-state index contributed by atoms with van der Waals surface area (Å²) in [5, 5.41) is 11.7. The fourth-order valence-electron chi connectivity index (χ4n) is 4.11. The van der Waals surface area contributed by atoms with Crippen LogP contribution in [0.2, 0.25) is 10.0 Å². The number of ether oxygens (including phenoxy) is 1. The Labute approximate surface area is 206 Å². The number of aliphatic hydroxyl groups excluding tert-OH is 1. The minimum Gasteiger partial charge on any atom is -0.507 e. The normalized spacial score (nSPS) is 17.3. The first-order chi connectivity index (χ1) is 16.2. The molecule has 174 valence electrons. The van der Waals surface area contributed by atoms with Gasteiger partial charge in [-0.1, -0.05) is 65.2 Å². The molecule has 8 heteroatoms. The van der Waals surface area contributed by atoms with Crippen molar-refractivity contribution in [2.75, 3.05) is 7.11 Å².